The van der Waals surface area contributed by atoms with Crippen LogP contribution in [0, 0.1) is 0 Å². The Morgan fingerprint density at radius 2 is 1.90 bits per heavy atom. The van der Waals surface area contributed by atoms with Crippen LogP contribution in [0.15, 0.2) is 47.7 Å². The maximum absolute atomic E-state index is 12.2. The molecule has 0 bridgehead atoms. The molecular formula is C20H26F3IN6O. The predicted octanol–water partition coefficient (Wildman–Crippen LogP) is 3.32. The number of nitrogens with zero attached hydrogens (tertiary/aromatic N) is 5. The topological polar surface area (TPSA) is 65.9 Å². The third kappa shape index (κ3) is 8.04. The Bertz CT molecular complexity index is 812. The zero-order valence-corrected chi connectivity index (χ0v) is 19.5. The van der Waals surface area contributed by atoms with Crippen LogP contribution in [0.4, 0.5) is 19.0 Å². The number of hydrogen-bond donors (Lipinski definition) is 1. The molecule has 0 aromatic carbocycles. The molecule has 0 atom stereocenters. The highest BCUT2D eigenvalue weighted by Crippen LogP contribution is 2.17. The van der Waals surface area contributed by atoms with Crippen molar-refractivity contribution >= 4 is 35.8 Å². The van der Waals surface area contributed by atoms with Crippen LogP contribution in [-0.4, -0.2) is 66.3 Å². The van der Waals surface area contributed by atoms with E-state index < -0.39 is 12.8 Å². The lowest BCUT2D eigenvalue weighted by Gasteiger charge is -2.37. The summed E-state index contributed by atoms with van der Waals surface area (Å²) in [5, 5.41) is 3.30. The van der Waals surface area contributed by atoms with Crippen LogP contribution in [-0.2, 0) is 6.54 Å². The Kier molecular flexibility index (Phi) is 9.59. The second-order valence-electron chi connectivity index (χ2n) is 6.74. The number of hydrogen-bond acceptors (Lipinski definition) is 5. The molecule has 11 heteroatoms. The Morgan fingerprint density at radius 1 is 1.13 bits per heavy atom. The summed E-state index contributed by atoms with van der Waals surface area (Å²) >= 11 is 0. The smallest absolute Gasteiger partial charge is 0.422 e. The van der Waals surface area contributed by atoms with Gasteiger partial charge in [0.2, 0.25) is 5.88 Å². The second-order valence-corrected chi connectivity index (χ2v) is 6.74. The first kappa shape index (κ1) is 25.0. The summed E-state index contributed by atoms with van der Waals surface area (Å²) in [5.74, 6) is 1.71. The van der Waals surface area contributed by atoms with E-state index >= 15 is 0 Å². The van der Waals surface area contributed by atoms with Gasteiger partial charge in [-0.3, -0.25) is 0 Å². The standard InChI is InChI=1S/C20H25F3N6O.HI/c1-2-24-19(29-11-9-28(10-12-29)17-5-3-4-8-25-17)27-14-16-6-7-18(26-13-16)30-15-20(21,22)23;/h3-8,13H,2,9-12,14-15H2,1H3,(H,24,27);1H. The zero-order chi connectivity index (χ0) is 21.4. The van der Waals surface area contributed by atoms with Crippen LogP contribution in [0.2, 0.25) is 0 Å². The van der Waals surface area contributed by atoms with Crippen molar-refractivity contribution in [3.05, 3.63) is 48.3 Å². The quantitative estimate of drug-likeness (QED) is 0.339. The lowest BCUT2D eigenvalue weighted by molar-refractivity contribution is -0.154. The highest BCUT2D eigenvalue weighted by atomic mass is 127. The number of piperazine rings is 1. The maximum atomic E-state index is 12.2. The van der Waals surface area contributed by atoms with Crippen molar-refractivity contribution in [3.63, 3.8) is 0 Å². The highest BCUT2D eigenvalue weighted by Gasteiger charge is 2.28. The summed E-state index contributed by atoms with van der Waals surface area (Å²) in [6, 6.07) is 8.98. The molecule has 0 spiro atoms. The monoisotopic (exact) mass is 550 g/mol. The van der Waals surface area contributed by atoms with Gasteiger partial charge in [-0.25, -0.2) is 15.0 Å². The SMILES string of the molecule is CCNC(=NCc1ccc(OCC(F)(F)F)nc1)N1CCN(c2ccccn2)CC1.I. The molecule has 0 amide bonds. The molecule has 1 N–H and O–H groups in total. The van der Waals surface area contributed by atoms with Gasteiger partial charge in [-0.05, 0) is 24.6 Å². The van der Waals surface area contributed by atoms with E-state index in [4.69, 9.17) is 0 Å². The Hall–Kier alpha value is -2.31. The molecule has 0 unspecified atom stereocenters. The van der Waals surface area contributed by atoms with Crippen LogP contribution in [0.3, 0.4) is 0 Å². The van der Waals surface area contributed by atoms with Gasteiger partial charge in [0.1, 0.15) is 5.82 Å². The van der Waals surface area contributed by atoms with Crippen LogP contribution in [0.5, 0.6) is 5.88 Å². The lowest BCUT2D eigenvalue weighted by Crippen LogP contribution is -2.52. The first-order valence-corrected chi connectivity index (χ1v) is 9.78. The van der Waals surface area contributed by atoms with Crippen LogP contribution in [0.1, 0.15) is 12.5 Å². The van der Waals surface area contributed by atoms with Gasteiger partial charge in [0.05, 0.1) is 6.54 Å². The minimum atomic E-state index is -4.38. The van der Waals surface area contributed by atoms with Crippen molar-refractivity contribution in [1.82, 2.24) is 20.2 Å². The molecule has 1 fully saturated rings. The summed E-state index contributed by atoms with van der Waals surface area (Å²) in [7, 11) is 0. The molecule has 0 saturated carbocycles. The molecule has 7 nitrogen and oxygen atoms in total. The van der Waals surface area contributed by atoms with Gasteiger partial charge >= 0.3 is 6.18 Å². The summed E-state index contributed by atoms with van der Waals surface area (Å²) in [5.41, 5.74) is 0.789. The average Bonchev–Trinajstić information content (AvgIpc) is 2.76. The van der Waals surface area contributed by atoms with Crippen LogP contribution in [0.25, 0.3) is 0 Å². The van der Waals surface area contributed by atoms with E-state index in [2.05, 4.69) is 34.8 Å². The van der Waals surface area contributed by atoms with E-state index in [1.165, 1.54) is 12.3 Å². The van der Waals surface area contributed by atoms with Gasteiger partial charge in [-0.1, -0.05) is 12.1 Å². The van der Waals surface area contributed by atoms with Crippen molar-refractivity contribution in [2.75, 3.05) is 44.2 Å². The molecule has 170 valence electrons. The number of anilines is 1. The van der Waals surface area contributed by atoms with E-state index in [-0.39, 0.29) is 29.9 Å². The first-order valence-electron chi connectivity index (χ1n) is 9.78. The number of ether oxygens (including phenoxy) is 1. The van der Waals surface area contributed by atoms with Crippen molar-refractivity contribution in [1.29, 1.82) is 0 Å². The van der Waals surface area contributed by atoms with Gasteiger partial charge in [0, 0.05) is 51.2 Å². The van der Waals surface area contributed by atoms with Crippen LogP contribution < -0.4 is 15.0 Å². The average molecular weight is 550 g/mol. The third-order valence-electron chi connectivity index (χ3n) is 4.48. The van der Waals surface area contributed by atoms with E-state index in [0.717, 1.165) is 50.1 Å². The molecule has 31 heavy (non-hydrogen) atoms. The molecule has 3 rings (SSSR count). The molecule has 2 aromatic rings. The molecule has 2 aromatic heterocycles. The van der Waals surface area contributed by atoms with Gasteiger partial charge < -0.3 is 19.9 Å². The van der Waals surface area contributed by atoms with E-state index in [9.17, 15) is 13.2 Å². The van der Waals surface area contributed by atoms with Gasteiger partial charge in [-0.15, -0.1) is 24.0 Å². The normalized spacial score (nSPS) is 14.8. The third-order valence-corrected chi connectivity index (χ3v) is 4.48. The fourth-order valence-corrected chi connectivity index (χ4v) is 3.03. The summed E-state index contributed by atoms with van der Waals surface area (Å²) in [4.78, 5) is 17.4. The molecule has 0 aliphatic carbocycles. The molecule has 1 aliphatic heterocycles. The van der Waals surface area contributed by atoms with Gasteiger partial charge in [0.25, 0.3) is 0 Å². The molecular weight excluding hydrogens is 524 g/mol. The fourth-order valence-electron chi connectivity index (χ4n) is 3.03. The van der Waals surface area contributed by atoms with E-state index in [0.29, 0.717) is 6.54 Å². The van der Waals surface area contributed by atoms with Gasteiger partial charge in [-0.2, -0.15) is 13.2 Å². The number of aromatic nitrogens is 2. The molecule has 3 heterocycles. The van der Waals surface area contributed by atoms with Crippen LogP contribution >= 0.6 is 24.0 Å². The van der Waals surface area contributed by atoms with Gasteiger partial charge in [0.15, 0.2) is 12.6 Å². The number of pyridine rings is 2. The predicted molar refractivity (Wildman–Crippen MR) is 124 cm³/mol. The van der Waals surface area contributed by atoms with Crippen molar-refractivity contribution in [3.8, 4) is 5.88 Å². The number of alkyl halides is 3. The minimum Gasteiger partial charge on any atom is -0.468 e. The number of guanidine groups is 1. The summed E-state index contributed by atoms with van der Waals surface area (Å²) in [6.07, 6.45) is -1.11. The molecule has 1 saturated heterocycles. The second kappa shape index (κ2) is 11.9. The highest BCUT2D eigenvalue weighted by molar-refractivity contribution is 14.0. The Labute approximate surface area is 196 Å². The van der Waals surface area contributed by atoms with Crippen molar-refractivity contribution in [2.45, 2.75) is 19.6 Å². The largest absolute Gasteiger partial charge is 0.468 e. The number of nitrogens with one attached hydrogen (secondary N) is 1. The van der Waals surface area contributed by atoms with E-state index in [1.807, 2.05) is 25.1 Å². The fraction of sp³-hybridized carbons (Fsp3) is 0.450. The zero-order valence-electron chi connectivity index (χ0n) is 17.2. The number of halogens is 4. The molecule has 1 aliphatic rings. The number of aliphatic imine (C=N–C) groups is 1. The van der Waals surface area contributed by atoms with Crippen molar-refractivity contribution in [2.24, 2.45) is 4.99 Å². The Balaban J connectivity index is 0.00000341. The Morgan fingerprint density at radius 3 is 2.48 bits per heavy atom. The summed E-state index contributed by atoms with van der Waals surface area (Å²) in [6.45, 7) is 5.07. The van der Waals surface area contributed by atoms with E-state index in [1.54, 1.807) is 12.3 Å². The van der Waals surface area contributed by atoms with Crippen molar-refractivity contribution < 1.29 is 17.9 Å². The number of rotatable bonds is 6. The molecule has 0 radical (unpaired) electrons. The lowest BCUT2D eigenvalue weighted by atomic mass is 10.3. The first-order chi connectivity index (χ1) is 14.4. The minimum absolute atomic E-state index is 0. The summed E-state index contributed by atoms with van der Waals surface area (Å²) < 4.78 is 41.3. The maximum Gasteiger partial charge on any atom is 0.422 e.